The summed E-state index contributed by atoms with van der Waals surface area (Å²) >= 11 is 0. The number of hydrogen-bond donors (Lipinski definition) is 1. The van der Waals surface area contributed by atoms with Crippen LogP contribution in [0.3, 0.4) is 0 Å². The van der Waals surface area contributed by atoms with Crippen molar-refractivity contribution in [3.05, 3.63) is 35.6 Å². The van der Waals surface area contributed by atoms with Gasteiger partial charge in [0.1, 0.15) is 5.82 Å². The van der Waals surface area contributed by atoms with Crippen molar-refractivity contribution >= 4 is 11.0 Å². The van der Waals surface area contributed by atoms with Gasteiger partial charge in [0, 0.05) is 25.8 Å². The number of fused-ring (bicyclic) bond motifs is 1. The summed E-state index contributed by atoms with van der Waals surface area (Å²) in [6.07, 6.45) is 1.37. The highest BCUT2D eigenvalue weighted by molar-refractivity contribution is 5.82. The van der Waals surface area contributed by atoms with Crippen molar-refractivity contribution in [2.45, 2.75) is 6.54 Å². The zero-order chi connectivity index (χ0) is 12.3. The molecule has 17 heavy (non-hydrogen) atoms. The summed E-state index contributed by atoms with van der Waals surface area (Å²) in [5.74, 6) is -1.02. The maximum Gasteiger partial charge on any atom is 0.172 e. The van der Waals surface area contributed by atoms with E-state index in [4.69, 9.17) is 9.15 Å². The highest BCUT2D eigenvalue weighted by Crippen LogP contribution is 2.26. The van der Waals surface area contributed by atoms with E-state index >= 15 is 0 Å². The van der Waals surface area contributed by atoms with Crippen LogP contribution in [-0.4, -0.2) is 20.3 Å². The molecule has 0 saturated carbocycles. The van der Waals surface area contributed by atoms with Gasteiger partial charge in [-0.2, -0.15) is 0 Å². The normalized spacial score (nSPS) is 11.2. The Morgan fingerprint density at radius 3 is 2.82 bits per heavy atom. The molecule has 0 fully saturated rings. The van der Waals surface area contributed by atoms with Crippen molar-refractivity contribution in [1.29, 1.82) is 0 Å². The topological polar surface area (TPSA) is 34.4 Å². The first-order chi connectivity index (χ1) is 8.24. The minimum atomic E-state index is -0.551. The quantitative estimate of drug-likeness (QED) is 0.816. The third kappa shape index (κ3) is 2.45. The van der Waals surface area contributed by atoms with Gasteiger partial charge in [0.15, 0.2) is 11.4 Å². The number of methoxy groups -OCH3 is 1. The van der Waals surface area contributed by atoms with E-state index < -0.39 is 11.6 Å². The summed E-state index contributed by atoms with van der Waals surface area (Å²) in [6.45, 7) is 1.61. The van der Waals surface area contributed by atoms with Crippen LogP contribution in [0.5, 0.6) is 0 Å². The molecule has 1 aromatic heterocycles. The number of hydrogen-bond acceptors (Lipinski definition) is 3. The van der Waals surface area contributed by atoms with Crippen LogP contribution < -0.4 is 5.32 Å². The summed E-state index contributed by atoms with van der Waals surface area (Å²) in [5, 5.41) is 3.26. The second kappa shape index (κ2) is 5.25. The van der Waals surface area contributed by atoms with E-state index in [0.29, 0.717) is 25.3 Å². The zero-order valence-electron chi connectivity index (χ0n) is 9.43. The third-order valence-corrected chi connectivity index (χ3v) is 2.50. The molecule has 3 nitrogen and oxygen atoms in total. The molecule has 2 rings (SSSR count). The number of halogens is 2. The van der Waals surface area contributed by atoms with Gasteiger partial charge >= 0.3 is 0 Å². The molecule has 0 atom stereocenters. The fourth-order valence-corrected chi connectivity index (χ4v) is 1.66. The summed E-state index contributed by atoms with van der Waals surface area (Å²) in [7, 11) is 1.60. The molecule has 0 bridgehead atoms. The summed E-state index contributed by atoms with van der Waals surface area (Å²) < 4.78 is 36.8. The van der Waals surface area contributed by atoms with Crippen molar-refractivity contribution in [3.63, 3.8) is 0 Å². The minimum absolute atomic E-state index is 0.0338. The average Bonchev–Trinajstić information content (AvgIpc) is 2.75. The molecule has 5 heteroatoms. The maximum absolute atomic E-state index is 13.6. The van der Waals surface area contributed by atoms with Gasteiger partial charge in [-0.15, -0.1) is 0 Å². The summed E-state index contributed by atoms with van der Waals surface area (Å²) in [6, 6.07) is 2.16. The number of rotatable bonds is 5. The molecule has 92 valence electrons. The zero-order valence-corrected chi connectivity index (χ0v) is 9.43. The summed E-state index contributed by atoms with van der Waals surface area (Å²) in [4.78, 5) is 0. The maximum atomic E-state index is 13.6. The van der Waals surface area contributed by atoms with Crippen LogP contribution in [0, 0.1) is 11.6 Å². The Bertz CT molecular complexity index is 510. The number of furan rings is 1. The molecule has 0 unspecified atom stereocenters. The Balaban J connectivity index is 2.20. The molecule has 0 aliphatic rings. The molecule has 0 saturated heterocycles. The molecule has 0 amide bonds. The Hall–Kier alpha value is -1.46. The second-order valence-corrected chi connectivity index (χ2v) is 3.66. The average molecular weight is 241 g/mol. The Morgan fingerprint density at radius 1 is 1.29 bits per heavy atom. The van der Waals surface area contributed by atoms with Crippen molar-refractivity contribution in [1.82, 2.24) is 5.32 Å². The molecule has 2 aromatic rings. The fourth-order valence-electron chi connectivity index (χ4n) is 1.66. The molecule has 0 radical (unpaired) electrons. The Kier molecular flexibility index (Phi) is 3.71. The molecular weight excluding hydrogens is 228 g/mol. The van der Waals surface area contributed by atoms with Crippen LogP contribution in [0.15, 0.2) is 22.8 Å². The van der Waals surface area contributed by atoms with E-state index in [-0.39, 0.29) is 11.0 Å². The molecular formula is C12H13F2NO2. The SMILES string of the molecule is COCCNCc1coc2c(F)ccc(F)c12. The van der Waals surface area contributed by atoms with E-state index in [9.17, 15) is 8.78 Å². The lowest BCUT2D eigenvalue weighted by atomic mass is 10.1. The van der Waals surface area contributed by atoms with Gasteiger partial charge in [0.05, 0.1) is 18.3 Å². The molecule has 1 N–H and O–H groups in total. The van der Waals surface area contributed by atoms with Gasteiger partial charge < -0.3 is 14.5 Å². The highest BCUT2D eigenvalue weighted by Gasteiger charge is 2.14. The van der Waals surface area contributed by atoms with E-state index in [0.717, 1.165) is 12.1 Å². The van der Waals surface area contributed by atoms with E-state index in [1.807, 2.05) is 0 Å². The van der Waals surface area contributed by atoms with Crippen LogP contribution in [0.2, 0.25) is 0 Å². The molecule has 1 heterocycles. The monoisotopic (exact) mass is 241 g/mol. The fraction of sp³-hybridized carbons (Fsp3) is 0.333. The molecule has 0 aliphatic carbocycles. The van der Waals surface area contributed by atoms with E-state index in [2.05, 4.69) is 5.32 Å². The number of ether oxygens (including phenoxy) is 1. The lowest BCUT2D eigenvalue weighted by molar-refractivity contribution is 0.199. The molecule has 0 spiro atoms. The van der Waals surface area contributed by atoms with Gasteiger partial charge in [0.25, 0.3) is 0 Å². The number of benzene rings is 1. The minimum Gasteiger partial charge on any atom is -0.461 e. The summed E-state index contributed by atoms with van der Waals surface area (Å²) in [5.41, 5.74) is 0.571. The smallest absolute Gasteiger partial charge is 0.172 e. The second-order valence-electron chi connectivity index (χ2n) is 3.66. The van der Waals surface area contributed by atoms with Gasteiger partial charge in [0.2, 0.25) is 0 Å². The predicted octanol–water partition coefficient (Wildman–Crippen LogP) is 2.45. The van der Waals surface area contributed by atoms with Gasteiger partial charge in [-0.3, -0.25) is 0 Å². The van der Waals surface area contributed by atoms with Crippen molar-refractivity contribution in [2.75, 3.05) is 20.3 Å². The number of nitrogens with one attached hydrogen (secondary N) is 1. The Labute approximate surface area is 97.4 Å². The van der Waals surface area contributed by atoms with E-state index in [1.165, 1.54) is 6.26 Å². The molecule has 1 aromatic carbocycles. The molecule has 0 aliphatic heterocycles. The highest BCUT2D eigenvalue weighted by atomic mass is 19.1. The third-order valence-electron chi connectivity index (χ3n) is 2.50. The predicted molar refractivity (Wildman–Crippen MR) is 59.7 cm³/mol. The standard InChI is InChI=1S/C12H13F2NO2/c1-16-5-4-15-6-8-7-17-12-10(14)3-2-9(13)11(8)12/h2-3,7,15H,4-6H2,1H3. The first-order valence-electron chi connectivity index (χ1n) is 5.27. The van der Waals surface area contributed by atoms with Crippen LogP contribution in [0.25, 0.3) is 11.0 Å². The van der Waals surface area contributed by atoms with Crippen molar-refractivity contribution in [2.24, 2.45) is 0 Å². The lowest BCUT2D eigenvalue weighted by Crippen LogP contribution is -2.18. The van der Waals surface area contributed by atoms with Crippen LogP contribution in [0.4, 0.5) is 8.78 Å². The van der Waals surface area contributed by atoms with Gasteiger partial charge in [-0.05, 0) is 12.1 Å². The first-order valence-corrected chi connectivity index (χ1v) is 5.27. The van der Waals surface area contributed by atoms with Crippen LogP contribution >= 0.6 is 0 Å². The lowest BCUT2D eigenvalue weighted by Gasteiger charge is -2.02. The Morgan fingerprint density at radius 2 is 2.06 bits per heavy atom. The van der Waals surface area contributed by atoms with Crippen molar-refractivity contribution in [3.8, 4) is 0 Å². The van der Waals surface area contributed by atoms with E-state index in [1.54, 1.807) is 7.11 Å². The van der Waals surface area contributed by atoms with Gasteiger partial charge in [-0.25, -0.2) is 8.78 Å². The van der Waals surface area contributed by atoms with Crippen molar-refractivity contribution < 1.29 is 17.9 Å². The van der Waals surface area contributed by atoms with Crippen LogP contribution in [0.1, 0.15) is 5.56 Å². The largest absolute Gasteiger partial charge is 0.461 e. The first kappa shape index (κ1) is 12.0. The van der Waals surface area contributed by atoms with Gasteiger partial charge in [-0.1, -0.05) is 0 Å². The van der Waals surface area contributed by atoms with Crippen LogP contribution in [-0.2, 0) is 11.3 Å².